The second-order valence-electron chi connectivity index (χ2n) is 6.03. The molecule has 3 aromatic rings. The van der Waals surface area contributed by atoms with Crippen molar-refractivity contribution in [3.05, 3.63) is 70.5 Å². The fourth-order valence-electron chi connectivity index (χ4n) is 2.71. The van der Waals surface area contributed by atoms with Gasteiger partial charge in [0.2, 0.25) is 0 Å². The Morgan fingerprint density at radius 1 is 1.15 bits per heavy atom. The number of fused-ring (bicyclic) bond motifs is 1. The molecule has 1 heterocycles. The minimum atomic E-state index is -0.675. The summed E-state index contributed by atoms with van der Waals surface area (Å²) in [6.45, 7) is 2.07. The lowest BCUT2D eigenvalue weighted by atomic mass is 10.2. The molecule has 2 aromatic carbocycles. The third-order valence-electron chi connectivity index (χ3n) is 3.98. The predicted molar refractivity (Wildman–Crippen MR) is 102 cm³/mol. The molecule has 0 saturated carbocycles. The summed E-state index contributed by atoms with van der Waals surface area (Å²) in [7, 11) is 1.62. The van der Waals surface area contributed by atoms with Crippen molar-refractivity contribution >= 4 is 16.6 Å². The molecule has 0 spiro atoms. The molecule has 3 rings (SSSR count). The maximum absolute atomic E-state index is 12.8. The number of benzene rings is 2. The summed E-state index contributed by atoms with van der Waals surface area (Å²) < 4.78 is 6.58. The van der Waals surface area contributed by atoms with Crippen molar-refractivity contribution < 1.29 is 14.7 Å². The molecule has 0 aliphatic carbocycles. The van der Waals surface area contributed by atoms with Crippen LogP contribution in [-0.4, -0.2) is 29.7 Å². The molecule has 0 aliphatic heterocycles. The Bertz CT molecular complexity index is 950. The normalized spacial score (nSPS) is 12.0. The van der Waals surface area contributed by atoms with E-state index >= 15 is 0 Å². The summed E-state index contributed by atoms with van der Waals surface area (Å²) in [6, 6.07) is 16.9. The van der Waals surface area contributed by atoms with Crippen molar-refractivity contribution in [1.82, 2.24) is 4.73 Å². The smallest absolute Gasteiger partial charge is 0.306 e. The van der Waals surface area contributed by atoms with E-state index in [1.807, 2.05) is 48.5 Å². The zero-order valence-electron chi connectivity index (χ0n) is 14.8. The first-order chi connectivity index (χ1) is 12.6. The van der Waals surface area contributed by atoms with Gasteiger partial charge >= 0.3 is 5.56 Å². The van der Waals surface area contributed by atoms with E-state index in [1.54, 1.807) is 20.1 Å². The summed E-state index contributed by atoms with van der Waals surface area (Å²) in [5.41, 5.74) is 1.71. The van der Waals surface area contributed by atoms with Crippen LogP contribution in [0.3, 0.4) is 0 Å². The van der Waals surface area contributed by atoms with Crippen molar-refractivity contribution in [1.29, 1.82) is 0 Å². The highest BCUT2D eigenvalue weighted by molar-refractivity contribution is 5.82. The van der Waals surface area contributed by atoms with Crippen molar-refractivity contribution in [3.8, 4) is 5.75 Å². The summed E-state index contributed by atoms with van der Waals surface area (Å²) in [5.74, 6) is 0.756. The monoisotopic (exact) mass is 354 g/mol. The molecular formula is C20H22N2O4. The lowest BCUT2D eigenvalue weighted by molar-refractivity contribution is 0.0365. The van der Waals surface area contributed by atoms with Gasteiger partial charge in [-0.1, -0.05) is 36.4 Å². The van der Waals surface area contributed by atoms with Crippen LogP contribution < -0.4 is 20.5 Å². The maximum atomic E-state index is 12.8. The van der Waals surface area contributed by atoms with Gasteiger partial charge in [0.1, 0.15) is 18.0 Å². The number of rotatable bonds is 7. The molecule has 0 amide bonds. The minimum absolute atomic E-state index is 0.0276. The van der Waals surface area contributed by atoms with Crippen LogP contribution in [0.5, 0.6) is 5.75 Å². The second-order valence-corrected chi connectivity index (χ2v) is 6.03. The number of pyridine rings is 1. The summed E-state index contributed by atoms with van der Waals surface area (Å²) in [5, 5.41) is 13.5. The molecule has 1 aromatic heterocycles. The zero-order chi connectivity index (χ0) is 18.5. The summed E-state index contributed by atoms with van der Waals surface area (Å²) in [6.07, 6.45) is -0.675. The maximum Gasteiger partial charge on any atom is 0.306 e. The zero-order valence-corrected chi connectivity index (χ0v) is 14.8. The first-order valence-electron chi connectivity index (χ1n) is 8.42. The van der Waals surface area contributed by atoms with Crippen molar-refractivity contribution in [3.63, 3.8) is 0 Å². The van der Waals surface area contributed by atoms with Crippen LogP contribution in [-0.2, 0) is 6.54 Å². The number of nitrogens with one attached hydrogen (secondary N) is 1. The lowest BCUT2D eigenvalue weighted by Gasteiger charge is -2.16. The van der Waals surface area contributed by atoms with Gasteiger partial charge in [-0.2, -0.15) is 0 Å². The second kappa shape index (κ2) is 7.93. The highest BCUT2D eigenvalue weighted by atomic mass is 16.7. The Balaban J connectivity index is 1.95. The number of aliphatic hydroxyl groups excluding tert-OH is 1. The molecule has 136 valence electrons. The van der Waals surface area contributed by atoms with E-state index in [-0.39, 0.29) is 12.2 Å². The van der Waals surface area contributed by atoms with Crippen molar-refractivity contribution in [2.75, 3.05) is 19.0 Å². The van der Waals surface area contributed by atoms with Gasteiger partial charge in [-0.3, -0.25) is 4.79 Å². The van der Waals surface area contributed by atoms with Gasteiger partial charge in [0.25, 0.3) is 0 Å². The van der Waals surface area contributed by atoms with Gasteiger partial charge in [0, 0.05) is 17.5 Å². The van der Waals surface area contributed by atoms with Gasteiger partial charge in [-0.25, -0.2) is 0 Å². The molecule has 6 heteroatoms. The van der Waals surface area contributed by atoms with Crippen LogP contribution in [0.4, 0.5) is 5.69 Å². The third kappa shape index (κ3) is 3.81. The highest BCUT2D eigenvalue weighted by Gasteiger charge is 2.12. The number of hydrogen-bond donors (Lipinski definition) is 2. The topological polar surface area (TPSA) is 72.7 Å². The number of para-hydroxylation sites is 2. The Labute approximate surface area is 151 Å². The fourth-order valence-corrected chi connectivity index (χ4v) is 2.71. The van der Waals surface area contributed by atoms with Crippen LogP contribution in [0.25, 0.3) is 10.9 Å². The molecule has 0 fully saturated rings. The van der Waals surface area contributed by atoms with Crippen LogP contribution in [0.15, 0.2) is 59.4 Å². The number of aliphatic hydroxyl groups is 1. The molecule has 0 saturated heterocycles. The van der Waals surface area contributed by atoms with Gasteiger partial charge < -0.3 is 20.0 Å². The number of hydrogen-bond acceptors (Lipinski definition) is 5. The van der Waals surface area contributed by atoms with Crippen LogP contribution in [0, 0.1) is 0 Å². The van der Waals surface area contributed by atoms with E-state index in [2.05, 4.69) is 5.32 Å². The number of anilines is 1. The molecule has 1 unspecified atom stereocenters. The third-order valence-corrected chi connectivity index (χ3v) is 3.98. The average Bonchev–Trinajstić information content (AvgIpc) is 2.65. The molecule has 26 heavy (non-hydrogen) atoms. The van der Waals surface area contributed by atoms with E-state index < -0.39 is 6.10 Å². The minimum Gasteiger partial charge on any atom is -0.496 e. The standard InChI is InChI=1S/C20H22N2O4/c1-14(23)13-26-22-18-9-5-3-7-15(18)11-17(20(22)24)21-12-16-8-4-6-10-19(16)25-2/h3-11,14,21,23H,12-13H2,1-2H3. The van der Waals surface area contributed by atoms with Crippen molar-refractivity contribution in [2.45, 2.75) is 19.6 Å². The molecule has 1 atom stereocenters. The molecule has 6 nitrogen and oxygen atoms in total. The van der Waals surface area contributed by atoms with E-state index in [9.17, 15) is 9.90 Å². The Hall–Kier alpha value is -2.99. The van der Waals surface area contributed by atoms with E-state index in [4.69, 9.17) is 9.57 Å². The van der Waals surface area contributed by atoms with E-state index in [0.717, 1.165) is 16.7 Å². The number of aromatic nitrogens is 1. The first kappa shape index (κ1) is 17.8. The van der Waals surface area contributed by atoms with Gasteiger partial charge in [0.15, 0.2) is 0 Å². The van der Waals surface area contributed by atoms with Crippen LogP contribution in [0.1, 0.15) is 12.5 Å². The van der Waals surface area contributed by atoms with E-state index in [1.165, 1.54) is 4.73 Å². The fraction of sp³-hybridized carbons (Fsp3) is 0.250. The summed E-state index contributed by atoms with van der Waals surface area (Å²) in [4.78, 5) is 18.4. The molecular weight excluding hydrogens is 332 g/mol. The number of methoxy groups -OCH3 is 1. The van der Waals surface area contributed by atoms with Gasteiger partial charge in [-0.15, -0.1) is 4.73 Å². The van der Waals surface area contributed by atoms with Crippen LogP contribution >= 0.6 is 0 Å². The Kier molecular flexibility index (Phi) is 5.43. The highest BCUT2D eigenvalue weighted by Crippen LogP contribution is 2.20. The Morgan fingerprint density at radius 2 is 1.88 bits per heavy atom. The summed E-state index contributed by atoms with van der Waals surface area (Å²) >= 11 is 0. The molecule has 0 radical (unpaired) electrons. The molecule has 2 N–H and O–H groups in total. The van der Waals surface area contributed by atoms with Gasteiger partial charge in [-0.05, 0) is 25.1 Å². The molecule has 0 aliphatic rings. The SMILES string of the molecule is COc1ccccc1CNc1cc2ccccc2n(OCC(C)O)c1=O. The van der Waals surface area contributed by atoms with Crippen LogP contribution in [0.2, 0.25) is 0 Å². The quantitative estimate of drug-likeness (QED) is 0.682. The predicted octanol–water partition coefficient (Wildman–Crippen LogP) is 2.43. The molecule has 0 bridgehead atoms. The lowest BCUT2D eigenvalue weighted by Crippen LogP contribution is -2.32. The number of ether oxygens (including phenoxy) is 1. The van der Waals surface area contributed by atoms with Crippen molar-refractivity contribution in [2.24, 2.45) is 0 Å². The number of nitrogens with zero attached hydrogens (tertiary/aromatic N) is 1. The first-order valence-corrected chi connectivity index (χ1v) is 8.42. The van der Waals surface area contributed by atoms with Gasteiger partial charge in [0.05, 0.1) is 18.7 Å². The average molecular weight is 354 g/mol. The largest absolute Gasteiger partial charge is 0.496 e. The van der Waals surface area contributed by atoms with E-state index in [0.29, 0.717) is 17.7 Å². The Morgan fingerprint density at radius 3 is 2.65 bits per heavy atom.